The summed E-state index contributed by atoms with van der Waals surface area (Å²) in [6.45, 7) is 0. The zero-order valence-corrected chi connectivity index (χ0v) is 11.7. The highest BCUT2D eigenvalue weighted by Gasteiger charge is 2.39. The maximum atomic E-state index is 12.3. The van der Waals surface area contributed by atoms with Gasteiger partial charge in [-0.2, -0.15) is 13.2 Å². The summed E-state index contributed by atoms with van der Waals surface area (Å²) in [6.07, 6.45) is -5.05. The van der Waals surface area contributed by atoms with Gasteiger partial charge in [0.05, 0.1) is 4.92 Å². The molecule has 0 spiro atoms. The van der Waals surface area contributed by atoms with Crippen LogP contribution in [0, 0.1) is 10.1 Å². The SMILES string of the molecule is O=C1c2cc(NC(=O)C(F)(F)F)ccc2-c2ccc([N+](=O)[O-])cc21. The van der Waals surface area contributed by atoms with Crippen molar-refractivity contribution in [2.45, 2.75) is 6.18 Å². The molecule has 9 heteroatoms. The maximum Gasteiger partial charge on any atom is 0.471 e. The second-order valence-corrected chi connectivity index (χ2v) is 5.03. The van der Waals surface area contributed by atoms with E-state index in [1.165, 1.54) is 24.3 Å². The average Bonchev–Trinajstić information content (AvgIpc) is 2.79. The fourth-order valence-corrected chi connectivity index (χ4v) is 2.46. The molecule has 0 saturated carbocycles. The minimum absolute atomic E-state index is 0.0745. The van der Waals surface area contributed by atoms with Crippen molar-refractivity contribution in [2.24, 2.45) is 0 Å². The number of nitro groups is 1. The molecule has 0 fully saturated rings. The molecule has 3 rings (SSSR count). The molecule has 2 aromatic carbocycles. The van der Waals surface area contributed by atoms with Crippen molar-refractivity contribution in [3.05, 3.63) is 57.6 Å². The molecule has 0 aromatic heterocycles. The van der Waals surface area contributed by atoms with Gasteiger partial charge in [-0.25, -0.2) is 0 Å². The molecule has 0 aliphatic heterocycles. The van der Waals surface area contributed by atoms with E-state index in [0.29, 0.717) is 11.1 Å². The van der Waals surface area contributed by atoms with Gasteiger partial charge in [-0.15, -0.1) is 0 Å². The number of amides is 1. The number of halogens is 3. The van der Waals surface area contributed by atoms with E-state index in [0.717, 1.165) is 12.1 Å². The fraction of sp³-hybridized carbons (Fsp3) is 0.0667. The molecule has 0 atom stereocenters. The summed E-state index contributed by atoms with van der Waals surface area (Å²) >= 11 is 0. The average molecular weight is 336 g/mol. The van der Waals surface area contributed by atoms with Crippen molar-refractivity contribution < 1.29 is 27.7 Å². The standard InChI is InChI=1S/C15H7F3N2O4/c16-15(17,18)14(22)19-7-1-3-9-10-4-2-8(20(23)24)6-12(10)13(21)11(9)5-7/h1-6H,(H,19,22). The van der Waals surface area contributed by atoms with Gasteiger partial charge in [-0.3, -0.25) is 19.7 Å². The number of benzene rings is 2. The third-order valence-electron chi connectivity index (χ3n) is 3.53. The Kier molecular flexibility index (Phi) is 3.36. The zero-order chi connectivity index (χ0) is 17.6. The third-order valence-corrected chi connectivity index (χ3v) is 3.53. The number of non-ortho nitro benzene ring substituents is 1. The second kappa shape index (κ2) is 5.15. The summed E-state index contributed by atoms with van der Waals surface area (Å²) in [5.41, 5.74) is 0.611. The molecular formula is C15H7F3N2O4. The van der Waals surface area contributed by atoms with Gasteiger partial charge < -0.3 is 5.32 Å². The van der Waals surface area contributed by atoms with E-state index in [2.05, 4.69) is 0 Å². The van der Waals surface area contributed by atoms with Crippen molar-refractivity contribution in [3.63, 3.8) is 0 Å². The van der Waals surface area contributed by atoms with Crippen LogP contribution in [0.5, 0.6) is 0 Å². The number of hydrogen-bond acceptors (Lipinski definition) is 4. The van der Waals surface area contributed by atoms with Gasteiger partial charge in [0.25, 0.3) is 5.69 Å². The van der Waals surface area contributed by atoms with Crippen molar-refractivity contribution in [3.8, 4) is 11.1 Å². The zero-order valence-electron chi connectivity index (χ0n) is 11.7. The van der Waals surface area contributed by atoms with Crippen LogP contribution in [0.3, 0.4) is 0 Å². The first-order valence-corrected chi connectivity index (χ1v) is 6.54. The minimum atomic E-state index is -5.05. The van der Waals surface area contributed by atoms with Crippen molar-refractivity contribution in [1.29, 1.82) is 0 Å². The van der Waals surface area contributed by atoms with Gasteiger partial charge in [-0.05, 0) is 29.3 Å². The Bertz CT molecular complexity index is 906. The summed E-state index contributed by atoms with van der Waals surface area (Å²) in [6, 6.07) is 7.49. The first-order chi connectivity index (χ1) is 11.2. The number of fused-ring (bicyclic) bond motifs is 3. The Morgan fingerprint density at radius 2 is 1.58 bits per heavy atom. The molecule has 1 aliphatic carbocycles. The summed E-state index contributed by atoms with van der Waals surface area (Å²) < 4.78 is 36.8. The van der Waals surface area contributed by atoms with E-state index in [1.807, 2.05) is 0 Å². The van der Waals surface area contributed by atoms with Gasteiger partial charge in [-0.1, -0.05) is 6.07 Å². The highest BCUT2D eigenvalue weighted by Crippen LogP contribution is 2.39. The number of ketones is 1. The highest BCUT2D eigenvalue weighted by atomic mass is 19.4. The molecule has 0 unspecified atom stereocenters. The lowest BCUT2D eigenvalue weighted by Crippen LogP contribution is -2.29. The Morgan fingerprint density at radius 3 is 2.17 bits per heavy atom. The van der Waals surface area contributed by atoms with Crippen LogP contribution in [-0.2, 0) is 4.79 Å². The number of hydrogen-bond donors (Lipinski definition) is 1. The minimum Gasteiger partial charge on any atom is -0.318 e. The molecule has 122 valence electrons. The van der Waals surface area contributed by atoms with Crippen LogP contribution < -0.4 is 5.32 Å². The summed E-state index contributed by atoms with van der Waals surface area (Å²) in [7, 11) is 0. The predicted molar refractivity (Wildman–Crippen MR) is 76.6 cm³/mol. The predicted octanol–water partition coefficient (Wildman–Crippen LogP) is 3.31. The number of nitrogens with zero attached hydrogens (tertiary/aromatic N) is 1. The number of nitro benzene ring substituents is 1. The quantitative estimate of drug-likeness (QED) is 0.574. The molecule has 2 aromatic rings. The molecule has 0 heterocycles. The van der Waals surface area contributed by atoms with Gasteiger partial charge in [0.15, 0.2) is 5.78 Å². The number of alkyl halides is 3. The van der Waals surface area contributed by atoms with E-state index in [-0.39, 0.29) is 22.5 Å². The van der Waals surface area contributed by atoms with Crippen molar-refractivity contribution >= 4 is 23.1 Å². The number of anilines is 1. The van der Waals surface area contributed by atoms with Crippen LogP contribution in [0.2, 0.25) is 0 Å². The Morgan fingerprint density at radius 1 is 1.00 bits per heavy atom. The molecular weight excluding hydrogens is 329 g/mol. The van der Waals surface area contributed by atoms with Crippen LogP contribution in [-0.4, -0.2) is 22.8 Å². The fourth-order valence-electron chi connectivity index (χ4n) is 2.46. The molecule has 1 N–H and O–H groups in total. The molecule has 6 nitrogen and oxygen atoms in total. The molecule has 0 bridgehead atoms. The third kappa shape index (κ3) is 2.49. The normalized spacial score (nSPS) is 12.5. The molecule has 0 radical (unpaired) electrons. The first-order valence-electron chi connectivity index (χ1n) is 6.54. The van der Waals surface area contributed by atoms with E-state index in [1.54, 1.807) is 5.32 Å². The van der Waals surface area contributed by atoms with E-state index in [9.17, 15) is 32.9 Å². The number of nitrogens with one attached hydrogen (secondary N) is 1. The number of carbonyl (C=O) groups excluding carboxylic acids is 2. The van der Waals surface area contributed by atoms with Crippen LogP contribution >= 0.6 is 0 Å². The molecule has 1 amide bonds. The number of carbonyl (C=O) groups is 2. The van der Waals surface area contributed by atoms with Crippen molar-refractivity contribution in [1.82, 2.24) is 0 Å². The van der Waals surface area contributed by atoms with Crippen LogP contribution in [0.15, 0.2) is 36.4 Å². The number of rotatable bonds is 2. The van der Waals surface area contributed by atoms with E-state index >= 15 is 0 Å². The lowest BCUT2D eigenvalue weighted by molar-refractivity contribution is -0.384. The van der Waals surface area contributed by atoms with E-state index in [4.69, 9.17) is 0 Å². The molecule has 24 heavy (non-hydrogen) atoms. The van der Waals surface area contributed by atoms with E-state index < -0.39 is 22.8 Å². The monoisotopic (exact) mass is 336 g/mol. The first kappa shape index (κ1) is 15.7. The summed E-state index contributed by atoms with van der Waals surface area (Å²) in [5, 5.41) is 12.5. The van der Waals surface area contributed by atoms with Crippen molar-refractivity contribution in [2.75, 3.05) is 5.32 Å². The smallest absolute Gasteiger partial charge is 0.318 e. The Balaban J connectivity index is 1.99. The topological polar surface area (TPSA) is 89.3 Å². The second-order valence-electron chi connectivity index (χ2n) is 5.03. The Labute approximate surface area is 132 Å². The lowest BCUT2D eigenvalue weighted by Gasteiger charge is -2.09. The molecule has 0 saturated heterocycles. The van der Waals surface area contributed by atoms with Gasteiger partial charge >= 0.3 is 12.1 Å². The lowest BCUT2D eigenvalue weighted by atomic mass is 10.1. The summed E-state index contributed by atoms with van der Waals surface area (Å²) in [4.78, 5) is 33.4. The van der Waals surface area contributed by atoms with Crippen LogP contribution in [0.25, 0.3) is 11.1 Å². The van der Waals surface area contributed by atoms with Gasteiger partial charge in [0.2, 0.25) is 0 Å². The highest BCUT2D eigenvalue weighted by molar-refractivity contribution is 6.22. The van der Waals surface area contributed by atoms with Crippen LogP contribution in [0.4, 0.5) is 24.5 Å². The van der Waals surface area contributed by atoms with Crippen LogP contribution in [0.1, 0.15) is 15.9 Å². The van der Waals surface area contributed by atoms with Gasteiger partial charge in [0.1, 0.15) is 0 Å². The summed E-state index contributed by atoms with van der Waals surface area (Å²) in [5.74, 6) is -2.70. The largest absolute Gasteiger partial charge is 0.471 e. The molecule has 1 aliphatic rings. The maximum absolute atomic E-state index is 12.3. The Hall–Kier alpha value is -3.23. The van der Waals surface area contributed by atoms with Gasteiger partial charge in [0, 0.05) is 28.9 Å².